The average Bonchev–Trinajstić information content (AvgIpc) is 3.22. The fourth-order valence-electron chi connectivity index (χ4n) is 3.77. The Balaban J connectivity index is 1.71. The predicted octanol–water partition coefficient (Wildman–Crippen LogP) is 2.89. The summed E-state index contributed by atoms with van der Waals surface area (Å²) >= 11 is 0. The second-order valence-electron chi connectivity index (χ2n) is 7.00. The van der Waals surface area contributed by atoms with Gasteiger partial charge in [0.05, 0.1) is 11.5 Å². The van der Waals surface area contributed by atoms with E-state index >= 15 is 0 Å². The normalized spacial score (nSPS) is 21.5. The number of likely N-dealkylation sites (tertiary alicyclic amines) is 1. The minimum atomic E-state index is -4.52. The van der Waals surface area contributed by atoms with Crippen LogP contribution in [0.2, 0.25) is 0 Å². The number of benzene rings is 1. The Labute approximate surface area is 149 Å². The van der Waals surface area contributed by atoms with E-state index in [1.165, 1.54) is 6.07 Å². The molecule has 1 aliphatic carbocycles. The summed E-state index contributed by atoms with van der Waals surface area (Å²) in [7, 11) is 0. The summed E-state index contributed by atoms with van der Waals surface area (Å²) in [6, 6.07) is 3.48. The Morgan fingerprint density at radius 1 is 1.23 bits per heavy atom. The van der Waals surface area contributed by atoms with Crippen molar-refractivity contribution in [1.29, 1.82) is 0 Å². The van der Waals surface area contributed by atoms with Crippen molar-refractivity contribution >= 4 is 17.5 Å². The van der Waals surface area contributed by atoms with Gasteiger partial charge in [0.15, 0.2) is 0 Å². The van der Waals surface area contributed by atoms with Gasteiger partial charge < -0.3 is 16.0 Å². The number of amides is 2. The molecule has 0 aromatic heterocycles. The summed E-state index contributed by atoms with van der Waals surface area (Å²) in [6.07, 6.45) is -0.353. The van der Waals surface area contributed by atoms with E-state index in [0.717, 1.165) is 37.8 Å². The number of hydrogen-bond donors (Lipinski definition) is 2. The molecule has 5 nitrogen and oxygen atoms in total. The number of carbonyl (C=O) groups excluding carboxylic acids is 2. The van der Waals surface area contributed by atoms with Gasteiger partial charge in [0, 0.05) is 31.2 Å². The molecule has 0 spiro atoms. The number of nitrogens with one attached hydrogen (secondary N) is 1. The maximum Gasteiger partial charge on any atom is 0.416 e. The molecule has 0 radical (unpaired) electrons. The van der Waals surface area contributed by atoms with Gasteiger partial charge in [-0.05, 0) is 36.6 Å². The van der Waals surface area contributed by atoms with Crippen LogP contribution in [-0.2, 0) is 22.3 Å². The molecule has 2 amide bonds. The van der Waals surface area contributed by atoms with Gasteiger partial charge in [-0.3, -0.25) is 9.59 Å². The van der Waals surface area contributed by atoms with Gasteiger partial charge in [0.2, 0.25) is 11.8 Å². The molecule has 2 fully saturated rings. The van der Waals surface area contributed by atoms with E-state index in [1.54, 1.807) is 4.90 Å². The van der Waals surface area contributed by atoms with E-state index in [9.17, 15) is 22.8 Å². The molecule has 1 saturated carbocycles. The van der Waals surface area contributed by atoms with Crippen LogP contribution >= 0.6 is 0 Å². The molecule has 3 rings (SSSR count). The van der Waals surface area contributed by atoms with Crippen LogP contribution in [0.3, 0.4) is 0 Å². The third kappa shape index (κ3) is 4.00. The third-order valence-corrected chi connectivity index (χ3v) is 5.12. The van der Waals surface area contributed by atoms with Crippen molar-refractivity contribution < 1.29 is 22.8 Å². The predicted molar refractivity (Wildman–Crippen MR) is 90.0 cm³/mol. The minimum Gasteiger partial charge on any atom is -0.339 e. The first-order chi connectivity index (χ1) is 12.3. The molecule has 26 heavy (non-hydrogen) atoms. The van der Waals surface area contributed by atoms with Crippen molar-refractivity contribution in [2.45, 2.75) is 50.9 Å². The van der Waals surface area contributed by atoms with E-state index in [2.05, 4.69) is 5.32 Å². The Kier molecular flexibility index (Phi) is 5.22. The smallest absolute Gasteiger partial charge is 0.339 e. The van der Waals surface area contributed by atoms with Crippen LogP contribution < -0.4 is 11.1 Å². The Morgan fingerprint density at radius 2 is 1.92 bits per heavy atom. The molecular weight excluding hydrogens is 347 g/mol. The van der Waals surface area contributed by atoms with Gasteiger partial charge in [-0.15, -0.1) is 0 Å². The number of carbonyl (C=O) groups is 2. The van der Waals surface area contributed by atoms with E-state index in [1.807, 2.05) is 0 Å². The highest BCUT2D eigenvalue weighted by Crippen LogP contribution is 2.33. The van der Waals surface area contributed by atoms with Crippen LogP contribution in [0.25, 0.3) is 0 Å². The lowest BCUT2D eigenvalue weighted by molar-refractivity contribution is -0.137. The van der Waals surface area contributed by atoms with E-state index in [-0.39, 0.29) is 36.2 Å². The largest absolute Gasteiger partial charge is 0.416 e. The Morgan fingerprint density at radius 3 is 2.54 bits per heavy atom. The van der Waals surface area contributed by atoms with Crippen molar-refractivity contribution in [2.24, 2.45) is 11.7 Å². The maximum atomic E-state index is 13.0. The van der Waals surface area contributed by atoms with Gasteiger partial charge in [0.1, 0.15) is 0 Å². The molecule has 1 aromatic carbocycles. The third-order valence-electron chi connectivity index (χ3n) is 5.12. The fourth-order valence-corrected chi connectivity index (χ4v) is 3.77. The summed E-state index contributed by atoms with van der Waals surface area (Å²) in [5, 5.41) is 2.53. The first-order valence-electron chi connectivity index (χ1n) is 8.79. The molecule has 1 heterocycles. The number of alkyl halides is 3. The van der Waals surface area contributed by atoms with Gasteiger partial charge in [-0.1, -0.05) is 12.8 Å². The highest BCUT2D eigenvalue weighted by Gasteiger charge is 2.39. The molecular formula is C18H22F3N3O2. The number of nitrogens with two attached hydrogens (primary N) is 1. The van der Waals surface area contributed by atoms with Gasteiger partial charge in [-0.25, -0.2) is 0 Å². The van der Waals surface area contributed by atoms with Gasteiger partial charge in [-0.2, -0.15) is 13.2 Å². The van der Waals surface area contributed by atoms with Crippen LogP contribution in [0.15, 0.2) is 18.2 Å². The maximum absolute atomic E-state index is 13.0. The molecule has 0 bridgehead atoms. The van der Waals surface area contributed by atoms with E-state index in [0.29, 0.717) is 6.54 Å². The lowest BCUT2D eigenvalue weighted by atomic mass is 10.1. The van der Waals surface area contributed by atoms with E-state index < -0.39 is 23.6 Å². The van der Waals surface area contributed by atoms with E-state index in [4.69, 9.17) is 5.73 Å². The average molecular weight is 369 g/mol. The molecule has 8 heteroatoms. The summed E-state index contributed by atoms with van der Waals surface area (Å²) < 4.78 is 39.0. The van der Waals surface area contributed by atoms with Crippen LogP contribution in [0.1, 0.15) is 43.2 Å². The van der Waals surface area contributed by atoms with Crippen molar-refractivity contribution in [2.75, 3.05) is 11.9 Å². The zero-order valence-electron chi connectivity index (χ0n) is 14.3. The lowest BCUT2D eigenvalue weighted by Crippen LogP contribution is -2.35. The van der Waals surface area contributed by atoms with Crippen molar-refractivity contribution in [3.63, 3.8) is 0 Å². The molecule has 1 aromatic rings. The van der Waals surface area contributed by atoms with Crippen LogP contribution in [-0.4, -0.2) is 29.3 Å². The lowest BCUT2D eigenvalue weighted by Gasteiger charge is -2.24. The number of anilines is 1. The SMILES string of the molecule is NCc1cc(NC(=O)C2CC(=O)N(C3CCCC3)C2)cc(C(F)(F)F)c1. The summed E-state index contributed by atoms with van der Waals surface area (Å²) in [6.45, 7) is 0.266. The zero-order chi connectivity index (χ0) is 18.9. The molecule has 3 N–H and O–H groups in total. The summed E-state index contributed by atoms with van der Waals surface area (Å²) in [5.41, 5.74) is 4.94. The zero-order valence-corrected chi connectivity index (χ0v) is 14.3. The first kappa shape index (κ1) is 18.7. The molecule has 142 valence electrons. The Hall–Kier alpha value is -2.09. The molecule has 1 atom stereocenters. The van der Waals surface area contributed by atoms with Gasteiger partial charge in [0.25, 0.3) is 0 Å². The quantitative estimate of drug-likeness (QED) is 0.857. The highest BCUT2D eigenvalue weighted by atomic mass is 19.4. The summed E-state index contributed by atoms with van der Waals surface area (Å²) in [4.78, 5) is 26.4. The molecule has 1 aliphatic heterocycles. The first-order valence-corrected chi connectivity index (χ1v) is 8.79. The minimum absolute atomic E-state index is 0.0521. The summed E-state index contributed by atoms with van der Waals surface area (Å²) in [5.74, 6) is -1.02. The second kappa shape index (κ2) is 7.26. The van der Waals surface area contributed by atoms with Crippen LogP contribution in [0.5, 0.6) is 0 Å². The molecule has 1 unspecified atom stereocenters. The number of halogens is 3. The number of nitrogens with zero attached hydrogens (tertiary/aromatic N) is 1. The number of rotatable bonds is 4. The number of hydrogen-bond acceptors (Lipinski definition) is 3. The second-order valence-corrected chi connectivity index (χ2v) is 7.00. The standard InChI is InChI=1S/C18H22F3N3O2/c19-18(20,21)13-5-11(9-22)6-14(8-13)23-17(26)12-7-16(25)24(10-12)15-3-1-2-4-15/h5-6,8,12,15H,1-4,7,9-10,22H2,(H,23,26). The highest BCUT2D eigenvalue weighted by molar-refractivity contribution is 5.97. The topological polar surface area (TPSA) is 75.4 Å². The van der Waals surface area contributed by atoms with Crippen LogP contribution in [0, 0.1) is 5.92 Å². The van der Waals surface area contributed by atoms with Crippen molar-refractivity contribution in [3.05, 3.63) is 29.3 Å². The fraction of sp³-hybridized carbons (Fsp3) is 0.556. The van der Waals surface area contributed by atoms with Crippen molar-refractivity contribution in [1.82, 2.24) is 4.90 Å². The Bertz CT molecular complexity index is 699. The monoisotopic (exact) mass is 369 g/mol. The van der Waals surface area contributed by atoms with Crippen molar-refractivity contribution in [3.8, 4) is 0 Å². The van der Waals surface area contributed by atoms with Crippen LogP contribution in [0.4, 0.5) is 18.9 Å². The molecule has 1 saturated heterocycles. The molecule has 2 aliphatic rings. The van der Waals surface area contributed by atoms with Gasteiger partial charge >= 0.3 is 6.18 Å².